The van der Waals surface area contributed by atoms with Gasteiger partial charge in [-0.2, -0.15) is 5.10 Å². The van der Waals surface area contributed by atoms with Gasteiger partial charge in [-0.15, -0.1) is 11.3 Å². The number of pyridine rings is 3. The maximum absolute atomic E-state index is 13.6. The number of aromatic nitrogens is 7. The van der Waals surface area contributed by atoms with Crippen LogP contribution < -0.4 is 0 Å². The van der Waals surface area contributed by atoms with Gasteiger partial charge in [-0.05, 0) is 42.8 Å². The maximum Gasteiger partial charge on any atom is 0.261 e. The van der Waals surface area contributed by atoms with Gasteiger partial charge in [-0.3, -0.25) is 20.0 Å². The summed E-state index contributed by atoms with van der Waals surface area (Å²) in [5.41, 5.74) is 6.36. The molecular formula is C27H22F2N8S. The van der Waals surface area contributed by atoms with E-state index in [0.717, 1.165) is 38.0 Å². The number of imidazole rings is 1. The van der Waals surface area contributed by atoms with E-state index in [1.807, 2.05) is 18.2 Å². The molecule has 0 spiro atoms. The fourth-order valence-electron chi connectivity index (χ4n) is 4.98. The Hall–Kier alpha value is -4.09. The zero-order valence-corrected chi connectivity index (χ0v) is 21.2. The molecule has 7 rings (SSSR count). The summed E-state index contributed by atoms with van der Waals surface area (Å²) >= 11 is 1.72. The number of halogens is 2. The number of alkyl halides is 2. The van der Waals surface area contributed by atoms with Crippen LogP contribution in [0.3, 0.4) is 0 Å². The topological polar surface area (TPSA) is 99.3 Å². The molecule has 0 radical (unpaired) electrons. The van der Waals surface area contributed by atoms with Crippen molar-refractivity contribution < 1.29 is 8.78 Å². The van der Waals surface area contributed by atoms with Gasteiger partial charge in [0.15, 0.2) is 11.5 Å². The molecule has 6 aromatic heterocycles. The summed E-state index contributed by atoms with van der Waals surface area (Å²) in [6.07, 6.45) is 6.85. The van der Waals surface area contributed by atoms with Gasteiger partial charge in [0.1, 0.15) is 5.69 Å². The second-order valence-corrected chi connectivity index (χ2v) is 10.9. The number of rotatable bonds is 5. The standard InChI is InChI=1S/C27H22F2N8S/c1-15-2-3-22(38-15)18-4-6-31-25-23(18)33-26(34-25)24-19-9-20(32-12-21(19)35-36-24)17-8-16(10-30-11-17)13-37-7-5-27(28,29)14-37/h2-4,6,8-12H,5,7,13-14H2,1H3,(H,35,36)(H,31,33,34). The second-order valence-electron chi connectivity index (χ2n) is 9.64. The molecule has 8 nitrogen and oxygen atoms in total. The third kappa shape index (κ3) is 4.13. The molecule has 0 saturated carbocycles. The lowest BCUT2D eigenvalue weighted by atomic mass is 10.1. The normalized spacial score (nSPS) is 15.7. The van der Waals surface area contributed by atoms with Gasteiger partial charge in [-0.25, -0.2) is 18.7 Å². The predicted molar refractivity (Wildman–Crippen MR) is 143 cm³/mol. The fourth-order valence-corrected chi connectivity index (χ4v) is 5.88. The van der Waals surface area contributed by atoms with E-state index < -0.39 is 5.92 Å². The van der Waals surface area contributed by atoms with Crippen LogP contribution in [0.4, 0.5) is 8.78 Å². The minimum absolute atomic E-state index is 0.104. The van der Waals surface area contributed by atoms with Crippen LogP contribution in [0.1, 0.15) is 16.9 Å². The molecule has 0 amide bonds. The molecule has 6 aromatic rings. The van der Waals surface area contributed by atoms with E-state index in [1.54, 1.807) is 41.0 Å². The van der Waals surface area contributed by atoms with Crippen LogP contribution in [0.15, 0.2) is 55.1 Å². The van der Waals surface area contributed by atoms with Crippen molar-refractivity contribution >= 4 is 33.4 Å². The highest BCUT2D eigenvalue weighted by atomic mass is 32.1. The van der Waals surface area contributed by atoms with E-state index in [-0.39, 0.29) is 13.0 Å². The molecule has 1 fully saturated rings. The second kappa shape index (κ2) is 8.74. The number of thiophene rings is 1. The molecule has 2 N–H and O–H groups in total. The molecule has 0 atom stereocenters. The van der Waals surface area contributed by atoms with Gasteiger partial charge in [0.05, 0.1) is 29.5 Å². The Labute approximate surface area is 219 Å². The minimum Gasteiger partial charge on any atom is -0.335 e. The SMILES string of the molecule is Cc1ccc(-c2ccnc3nc(-c4n[nH]c5cnc(-c6cncc(CN7CCC(F)(F)C7)c6)cc45)[nH]c23)s1. The van der Waals surface area contributed by atoms with Crippen LogP contribution in [0.5, 0.6) is 0 Å². The number of nitrogens with one attached hydrogen (secondary N) is 2. The zero-order valence-electron chi connectivity index (χ0n) is 20.4. The number of aromatic amines is 2. The summed E-state index contributed by atoms with van der Waals surface area (Å²) in [5.74, 6) is -2.01. The van der Waals surface area contributed by atoms with Crippen LogP contribution in [0.25, 0.3) is 55.3 Å². The van der Waals surface area contributed by atoms with E-state index in [2.05, 4.69) is 49.2 Å². The van der Waals surface area contributed by atoms with E-state index in [0.29, 0.717) is 35.9 Å². The largest absolute Gasteiger partial charge is 0.335 e. The van der Waals surface area contributed by atoms with Crippen molar-refractivity contribution in [2.75, 3.05) is 13.1 Å². The Morgan fingerprint density at radius 3 is 2.84 bits per heavy atom. The average Bonchev–Trinajstić information content (AvgIpc) is 3.69. The number of aryl methyl sites for hydroxylation is 1. The Kier molecular flexibility index (Phi) is 5.31. The maximum atomic E-state index is 13.6. The Bertz CT molecular complexity index is 1800. The molecule has 1 aliphatic heterocycles. The fraction of sp³-hybridized carbons (Fsp3) is 0.222. The highest BCUT2D eigenvalue weighted by molar-refractivity contribution is 7.15. The Morgan fingerprint density at radius 2 is 2.03 bits per heavy atom. The van der Waals surface area contributed by atoms with Crippen molar-refractivity contribution in [1.82, 2.24) is 40.0 Å². The number of nitrogens with zero attached hydrogens (tertiary/aromatic N) is 6. The van der Waals surface area contributed by atoms with Crippen molar-refractivity contribution in [3.8, 4) is 33.2 Å². The van der Waals surface area contributed by atoms with Gasteiger partial charge in [0.25, 0.3) is 5.92 Å². The van der Waals surface area contributed by atoms with Crippen molar-refractivity contribution in [1.29, 1.82) is 0 Å². The minimum atomic E-state index is -2.62. The number of hydrogen-bond donors (Lipinski definition) is 2. The van der Waals surface area contributed by atoms with Gasteiger partial charge in [0.2, 0.25) is 0 Å². The van der Waals surface area contributed by atoms with Crippen LogP contribution in [-0.4, -0.2) is 59.0 Å². The van der Waals surface area contributed by atoms with Crippen molar-refractivity contribution in [2.24, 2.45) is 0 Å². The van der Waals surface area contributed by atoms with Crippen molar-refractivity contribution in [2.45, 2.75) is 25.8 Å². The molecule has 38 heavy (non-hydrogen) atoms. The number of H-pyrrole nitrogens is 2. The number of likely N-dealkylation sites (tertiary alicyclic amines) is 1. The lowest BCUT2D eigenvalue weighted by molar-refractivity contribution is 0.0115. The number of fused-ring (bicyclic) bond motifs is 2. The molecule has 7 heterocycles. The smallest absolute Gasteiger partial charge is 0.261 e. The quantitative estimate of drug-likeness (QED) is 0.292. The Balaban J connectivity index is 1.24. The summed E-state index contributed by atoms with van der Waals surface area (Å²) in [5, 5.41) is 8.42. The molecule has 1 aliphatic rings. The van der Waals surface area contributed by atoms with Gasteiger partial charge < -0.3 is 4.98 Å². The molecular weight excluding hydrogens is 506 g/mol. The first-order valence-electron chi connectivity index (χ1n) is 12.2. The summed E-state index contributed by atoms with van der Waals surface area (Å²) in [7, 11) is 0. The van der Waals surface area contributed by atoms with Crippen molar-refractivity contribution in [3.63, 3.8) is 0 Å². The molecule has 190 valence electrons. The first-order valence-corrected chi connectivity index (χ1v) is 13.0. The third-order valence-electron chi connectivity index (χ3n) is 6.81. The first-order chi connectivity index (χ1) is 18.4. The average molecular weight is 529 g/mol. The molecule has 1 saturated heterocycles. The number of hydrogen-bond acceptors (Lipinski definition) is 7. The van der Waals surface area contributed by atoms with Gasteiger partial charge in [-0.1, -0.05) is 0 Å². The van der Waals surface area contributed by atoms with Crippen molar-refractivity contribution in [3.05, 3.63) is 65.6 Å². The van der Waals surface area contributed by atoms with E-state index in [4.69, 9.17) is 4.98 Å². The first kappa shape index (κ1) is 23.1. The molecule has 0 bridgehead atoms. The lowest BCUT2D eigenvalue weighted by Gasteiger charge is -2.15. The third-order valence-corrected chi connectivity index (χ3v) is 7.85. The molecule has 0 aromatic carbocycles. The van der Waals surface area contributed by atoms with Crippen LogP contribution in [0.2, 0.25) is 0 Å². The van der Waals surface area contributed by atoms with Gasteiger partial charge >= 0.3 is 0 Å². The van der Waals surface area contributed by atoms with E-state index in [1.165, 1.54) is 4.88 Å². The summed E-state index contributed by atoms with van der Waals surface area (Å²) in [4.78, 5) is 25.7. The highest BCUT2D eigenvalue weighted by Crippen LogP contribution is 2.34. The van der Waals surface area contributed by atoms with Crippen LogP contribution in [0, 0.1) is 6.92 Å². The monoisotopic (exact) mass is 528 g/mol. The summed E-state index contributed by atoms with van der Waals surface area (Å²) in [6.45, 7) is 2.66. The van der Waals surface area contributed by atoms with Crippen LogP contribution in [-0.2, 0) is 6.54 Å². The zero-order chi connectivity index (χ0) is 25.9. The Morgan fingerprint density at radius 1 is 1.11 bits per heavy atom. The highest BCUT2D eigenvalue weighted by Gasteiger charge is 2.37. The lowest BCUT2D eigenvalue weighted by Crippen LogP contribution is -2.24. The molecule has 0 aliphatic carbocycles. The van der Waals surface area contributed by atoms with E-state index in [9.17, 15) is 8.78 Å². The predicted octanol–water partition coefficient (Wildman–Crippen LogP) is 5.84. The summed E-state index contributed by atoms with van der Waals surface area (Å²) < 4.78 is 27.3. The van der Waals surface area contributed by atoms with Crippen LogP contribution >= 0.6 is 11.3 Å². The van der Waals surface area contributed by atoms with E-state index >= 15 is 0 Å². The molecule has 0 unspecified atom stereocenters. The summed E-state index contributed by atoms with van der Waals surface area (Å²) in [6, 6.07) is 10.1. The molecule has 11 heteroatoms. The van der Waals surface area contributed by atoms with Gasteiger partial charge in [0, 0.05) is 64.4 Å².